The van der Waals surface area contributed by atoms with Crippen LogP contribution >= 0.6 is 0 Å². The first-order valence-electron chi connectivity index (χ1n) is 2.47. The standard InChI is InChI=1S/C5H8N2/c6-5-2-1-3-7-4-5/h4,6H,1-3H2. The lowest BCUT2D eigenvalue weighted by Crippen LogP contribution is -2.04. The molecular weight excluding hydrogens is 88.1 g/mol. The second-order valence-electron chi connectivity index (χ2n) is 1.66. The second-order valence-corrected chi connectivity index (χ2v) is 1.66. The fourth-order valence-electron chi connectivity index (χ4n) is 0.600. The molecule has 0 aromatic rings. The summed E-state index contributed by atoms with van der Waals surface area (Å²) in [5.41, 5.74) is 0.672. The lowest BCUT2D eigenvalue weighted by atomic mass is 10.2. The molecule has 0 saturated heterocycles. The summed E-state index contributed by atoms with van der Waals surface area (Å²) in [5, 5.41) is 7.04. The van der Waals surface area contributed by atoms with Gasteiger partial charge in [0.1, 0.15) is 0 Å². The Hall–Kier alpha value is -0.660. The van der Waals surface area contributed by atoms with Gasteiger partial charge in [0.25, 0.3) is 0 Å². The number of hydrogen-bond acceptors (Lipinski definition) is 2. The zero-order valence-corrected chi connectivity index (χ0v) is 4.15. The highest BCUT2D eigenvalue weighted by Crippen LogP contribution is 1.94. The van der Waals surface area contributed by atoms with E-state index < -0.39 is 0 Å². The van der Waals surface area contributed by atoms with Crippen LogP contribution < -0.4 is 0 Å². The zero-order valence-electron chi connectivity index (χ0n) is 4.15. The first-order chi connectivity index (χ1) is 3.39. The number of aliphatic imine (C=N–C) groups is 1. The molecule has 0 spiro atoms. The molecule has 0 radical (unpaired) electrons. The van der Waals surface area contributed by atoms with E-state index >= 15 is 0 Å². The van der Waals surface area contributed by atoms with E-state index in [-0.39, 0.29) is 0 Å². The molecule has 1 heterocycles. The quantitative estimate of drug-likeness (QED) is 0.464. The van der Waals surface area contributed by atoms with Crippen LogP contribution in [-0.4, -0.2) is 18.5 Å². The average molecular weight is 96.1 g/mol. The molecule has 0 aromatic carbocycles. The molecule has 0 bridgehead atoms. The van der Waals surface area contributed by atoms with Crippen LogP contribution in [-0.2, 0) is 0 Å². The highest BCUT2D eigenvalue weighted by Gasteiger charge is 1.95. The van der Waals surface area contributed by atoms with Gasteiger partial charge in [0.2, 0.25) is 0 Å². The lowest BCUT2D eigenvalue weighted by molar-refractivity contribution is 0.867. The Morgan fingerprint density at radius 1 is 1.71 bits per heavy atom. The Balaban J connectivity index is 2.51. The fourth-order valence-corrected chi connectivity index (χ4v) is 0.600. The van der Waals surface area contributed by atoms with Gasteiger partial charge in [0.15, 0.2) is 0 Å². The summed E-state index contributed by atoms with van der Waals surface area (Å²) in [7, 11) is 0. The Labute approximate surface area is 42.8 Å². The summed E-state index contributed by atoms with van der Waals surface area (Å²) in [6.07, 6.45) is 3.63. The molecular formula is C5H8N2. The maximum absolute atomic E-state index is 7.04. The van der Waals surface area contributed by atoms with Crippen molar-refractivity contribution in [2.75, 3.05) is 6.54 Å². The van der Waals surface area contributed by atoms with Gasteiger partial charge in [-0.1, -0.05) is 0 Å². The first-order valence-corrected chi connectivity index (χ1v) is 2.47. The monoisotopic (exact) mass is 96.1 g/mol. The molecule has 2 heteroatoms. The van der Waals surface area contributed by atoms with Gasteiger partial charge in [-0.25, -0.2) is 0 Å². The van der Waals surface area contributed by atoms with E-state index in [0.717, 1.165) is 19.4 Å². The topological polar surface area (TPSA) is 36.2 Å². The van der Waals surface area contributed by atoms with Gasteiger partial charge in [-0.15, -0.1) is 0 Å². The predicted molar refractivity (Wildman–Crippen MR) is 30.3 cm³/mol. The van der Waals surface area contributed by atoms with Crippen molar-refractivity contribution in [3.63, 3.8) is 0 Å². The fraction of sp³-hybridized carbons (Fsp3) is 0.600. The van der Waals surface area contributed by atoms with E-state index in [0.29, 0.717) is 5.71 Å². The van der Waals surface area contributed by atoms with E-state index in [4.69, 9.17) is 5.41 Å². The minimum atomic E-state index is 0.672. The smallest absolute Gasteiger partial charge is 0.0492 e. The largest absolute Gasteiger partial charge is 0.304 e. The van der Waals surface area contributed by atoms with E-state index in [2.05, 4.69) is 4.99 Å². The van der Waals surface area contributed by atoms with E-state index in [1.165, 1.54) is 0 Å². The van der Waals surface area contributed by atoms with Gasteiger partial charge >= 0.3 is 0 Å². The van der Waals surface area contributed by atoms with Crippen LogP contribution in [0.5, 0.6) is 0 Å². The predicted octanol–water partition coefficient (Wildman–Crippen LogP) is 0.871. The summed E-state index contributed by atoms with van der Waals surface area (Å²) in [6.45, 7) is 0.919. The molecule has 0 aliphatic carbocycles. The minimum Gasteiger partial charge on any atom is -0.304 e. The van der Waals surface area contributed by atoms with Crippen molar-refractivity contribution in [3.8, 4) is 0 Å². The normalized spacial score (nSPS) is 20.3. The maximum Gasteiger partial charge on any atom is 0.0492 e. The highest BCUT2D eigenvalue weighted by molar-refractivity contribution is 6.29. The molecule has 0 amide bonds. The molecule has 1 aliphatic rings. The van der Waals surface area contributed by atoms with E-state index in [9.17, 15) is 0 Å². The maximum atomic E-state index is 7.04. The van der Waals surface area contributed by atoms with E-state index in [1.54, 1.807) is 6.21 Å². The van der Waals surface area contributed by atoms with Gasteiger partial charge in [-0.3, -0.25) is 4.99 Å². The van der Waals surface area contributed by atoms with Gasteiger partial charge in [-0.05, 0) is 12.8 Å². The Morgan fingerprint density at radius 2 is 2.57 bits per heavy atom. The van der Waals surface area contributed by atoms with Crippen molar-refractivity contribution in [2.45, 2.75) is 12.8 Å². The van der Waals surface area contributed by atoms with E-state index in [1.807, 2.05) is 0 Å². The number of hydrogen-bond donors (Lipinski definition) is 1. The van der Waals surface area contributed by atoms with Crippen molar-refractivity contribution in [1.82, 2.24) is 0 Å². The molecule has 0 unspecified atom stereocenters. The van der Waals surface area contributed by atoms with Crippen LogP contribution in [0.3, 0.4) is 0 Å². The third-order valence-corrected chi connectivity index (χ3v) is 0.980. The Bertz CT molecular complexity index is 105. The minimum absolute atomic E-state index is 0.672. The number of nitrogens with one attached hydrogen (secondary N) is 1. The van der Waals surface area contributed by atoms with Crippen molar-refractivity contribution in [2.24, 2.45) is 4.99 Å². The van der Waals surface area contributed by atoms with Gasteiger partial charge in [0.05, 0.1) is 0 Å². The average Bonchev–Trinajstić information content (AvgIpc) is 1.69. The van der Waals surface area contributed by atoms with Crippen LogP contribution in [0.4, 0.5) is 0 Å². The van der Waals surface area contributed by atoms with Gasteiger partial charge in [0, 0.05) is 18.5 Å². The van der Waals surface area contributed by atoms with Crippen molar-refractivity contribution >= 4 is 11.9 Å². The van der Waals surface area contributed by atoms with Gasteiger partial charge in [-0.2, -0.15) is 0 Å². The van der Waals surface area contributed by atoms with Crippen molar-refractivity contribution in [1.29, 1.82) is 5.41 Å². The Kier molecular flexibility index (Phi) is 1.20. The molecule has 0 atom stereocenters. The third-order valence-electron chi connectivity index (χ3n) is 0.980. The Morgan fingerprint density at radius 3 is 2.86 bits per heavy atom. The van der Waals surface area contributed by atoms with Crippen LogP contribution in [0.2, 0.25) is 0 Å². The number of nitrogens with zero attached hydrogens (tertiary/aromatic N) is 1. The molecule has 7 heavy (non-hydrogen) atoms. The van der Waals surface area contributed by atoms with Crippen LogP contribution in [0.25, 0.3) is 0 Å². The summed E-state index contributed by atoms with van der Waals surface area (Å²) in [4.78, 5) is 3.91. The molecule has 38 valence electrons. The number of rotatable bonds is 0. The summed E-state index contributed by atoms with van der Waals surface area (Å²) < 4.78 is 0. The SMILES string of the molecule is N=C1C=NCCC1. The zero-order chi connectivity index (χ0) is 5.11. The summed E-state index contributed by atoms with van der Waals surface area (Å²) in [6, 6.07) is 0. The summed E-state index contributed by atoms with van der Waals surface area (Å²) in [5.74, 6) is 0. The molecule has 2 nitrogen and oxygen atoms in total. The van der Waals surface area contributed by atoms with Crippen LogP contribution in [0.1, 0.15) is 12.8 Å². The first kappa shape index (κ1) is 4.50. The summed E-state index contributed by atoms with van der Waals surface area (Å²) >= 11 is 0. The molecule has 1 rings (SSSR count). The van der Waals surface area contributed by atoms with Crippen LogP contribution in [0.15, 0.2) is 4.99 Å². The molecule has 0 aromatic heterocycles. The second kappa shape index (κ2) is 1.87. The van der Waals surface area contributed by atoms with Crippen molar-refractivity contribution in [3.05, 3.63) is 0 Å². The molecule has 1 N–H and O–H groups in total. The van der Waals surface area contributed by atoms with Gasteiger partial charge < -0.3 is 5.41 Å². The molecule has 0 fully saturated rings. The molecule has 0 saturated carbocycles. The van der Waals surface area contributed by atoms with Crippen molar-refractivity contribution < 1.29 is 0 Å². The van der Waals surface area contributed by atoms with Crippen LogP contribution in [0, 0.1) is 5.41 Å². The highest BCUT2D eigenvalue weighted by atomic mass is 14.7. The third kappa shape index (κ3) is 1.11. The lowest BCUT2D eigenvalue weighted by Gasteiger charge is -2.00. The molecule has 1 aliphatic heterocycles.